The minimum absolute atomic E-state index is 0.546. The Morgan fingerprint density at radius 3 is 2.85 bits per heavy atom. The number of hydrogen-bond donors (Lipinski definition) is 1. The molecule has 13 heavy (non-hydrogen) atoms. The zero-order chi connectivity index (χ0) is 9.68. The molecule has 0 aliphatic heterocycles. The average molecular weight is 177 g/mol. The highest BCUT2D eigenvalue weighted by Gasteiger charge is 2.19. The van der Waals surface area contributed by atoms with Crippen LogP contribution in [0.3, 0.4) is 0 Å². The van der Waals surface area contributed by atoms with E-state index in [0.29, 0.717) is 6.04 Å². The van der Waals surface area contributed by atoms with E-state index < -0.39 is 0 Å². The molecular formula is C12H19N. The molecule has 0 radical (unpaired) electrons. The molecule has 0 aromatic carbocycles. The predicted octanol–water partition coefficient (Wildman–Crippen LogP) is 2.82. The number of likely N-dealkylation sites (N-methyl/N-ethyl adjacent to an activating group) is 1. The van der Waals surface area contributed by atoms with Crippen LogP contribution in [0.4, 0.5) is 0 Å². The van der Waals surface area contributed by atoms with Gasteiger partial charge in [-0.1, -0.05) is 24.8 Å². The molecule has 1 nitrogen and oxygen atoms in total. The van der Waals surface area contributed by atoms with Crippen molar-refractivity contribution in [3.63, 3.8) is 0 Å². The van der Waals surface area contributed by atoms with E-state index >= 15 is 0 Å². The monoisotopic (exact) mass is 177 g/mol. The SMILES string of the molecule is C=C/C=C1/CCCC(NC)/C1=C/C. The maximum absolute atomic E-state index is 3.75. The molecular weight excluding hydrogens is 158 g/mol. The highest BCUT2D eigenvalue weighted by atomic mass is 14.9. The molecule has 72 valence electrons. The normalized spacial score (nSPS) is 29.5. The van der Waals surface area contributed by atoms with Crippen LogP contribution in [0.5, 0.6) is 0 Å². The summed E-state index contributed by atoms with van der Waals surface area (Å²) >= 11 is 0. The van der Waals surface area contributed by atoms with E-state index in [4.69, 9.17) is 0 Å². The van der Waals surface area contributed by atoms with Gasteiger partial charge in [-0.3, -0.25) is 0 Å². The van der Waals surface area contributed by atoms with E-state index in [2.05, 4.69) is 31.0 Å². The molecule has 1 heteroatoms. The predicted molar refractivity (Wildman–Crippen MR) is 58.7 cm³/mol. The number of nitrogens with one attached hydrogen (secondary N) is 1. The number of hydrogen-bond acceptors (Lipinski definition) is 1. The Morgan fingerprint density at radius 1 is 1.54 bits per heavy atom. The van der Waals surface area contributed by atoms with Crippen molar-refractivity contribution < 1.29 is 0 Å². The quantitative estimate of drug-likeness (QED) is 0.684. The summed E-state index contributed by atoms with van der Waals surface area (Å²) < 4.78 is 0. The van der Waals surface area contributed by atoms with E-state index in [1.54, 1.807) is 0 Å². The Kier molecular flexibility index (Phi) is 3.97. The summed E-state index contributed by atoms with van der Waals surface area (Å²) in [6.07, 6.45) is 9.97. The Balaban J connectivity index is 2.86. The van der Waals surface area contributed by atoms with Gasteiger partial charge in [-0.25, -0.2) is 0 Å². The fraction of sp³-hybridized carbons (Fsp3) is 0.500. The molecule has 0 aromatic rings. The van der Waals surface area contributed by atoms with Crippen LogP contribution in [0, 0.1) is 0 Å². The molecule has 1 N–H and O–H groups in total. The highest BCUT2D eigenvalue weighted by molar-refractivity contribution is 5.38. The van der Waals surface area contributed by atoms with Crippen molar-refractivity contribution in [2.45, 2.75) is 32.2 Å². The highest BCUT2D eigenvalue weighted by Crippen LogP contribution is 2.28. The second-order valence-electron chi connectivity index (χ2n) is 3.41. The molecule has 0 spiro atoms. The first kappa shape index (κ1) is 10.3. The van der Waals surface area contributed by atoms with Crippen molar-refractivity contribution in [3.8, 4) is 0 Å². The molecule has 0 amide bonds. The standard InChI is InChI=1S/C12H19N/c1-4-7-10-8-6-9-12(13-3)11(10)5-2/h4-5,7,12-13H,1,6,8-9H2,2-3H3/b10-7-,11-5+. The van der Waals surface area contributed by atoms with Gasteiger partial charge < -0.3 is 5.32 Å². The Hall–Kier alpha value is -0.820. The summed E-state index contributed by atoms with van der Waals surface area (Å²) in [5, 5.41) is 3.35. The van der Waals surface area contributed by atoms with Gasteiger partial charge in [-0.2, -0.15) is 0 Å². The molecule has 0 saturated heterocycles. The van der Waals surface area contributed by atoms with E-state index in [1.165, 1.54) is 30.4 Å². The second-order valence-corrected chi connectivity index (χ2v) is 3.41. The minimum Gasteiger partial charge on any atom is -0.313 e. The molecule has 1 fully saturated rings. The molecule has 1 aliphatic carbocycles. The van der Waals surface area contributed by atoms with Crippen molar-refractivity contribution >= 4 is 0 Å². The number of allylic oxidation sites excluding steroid dienone is 3. The van der Waals surface area contributed by atoms with Crippen molar-refractivity contribution in [3.05, 3.63) is 36.0 Å². The van der Waals surface area contributed by atoms with Crippen molar-refractivity contribution in [2.24, 2.45) is 0 Å². The summed E-state index contributed by atoms with van der Waals surface area (Å²) in [4.78, 5) is 0. The molecule has 0 heterocycles. The summed E-state index contributed by atoms with van der Waals surface area (Å²) in [5.41, 5.74) is 2.90. The van der Waals surface area contributed by atoms with Crippen LogP contribution in [0.25, 0.3) is 0 Å². The maximum Gasteiger partial charge on any atom is 0.0317 e. The second kappa shape index (κ2) is 5.03. The van der Waals surface area contributed by atoms with Crippen LogP contribution in [0.15, 0.2) is 36.0 Å². The van der Waals surface area contributed by atoms with E-state index in [-0.39, 0.29) is 0 Å². The third-order valence-corrected chi connectivity index (χ3v) is 2.66. The van der Waals surface area contributed by atoms with Crippen LogP contribution in [-0.2, 0) is 0 Å². The molecule has 1 unspecified atom stereocenters. The lowest BCUT2D eigenvalue weighted by Gasteiger charge is -2.27. The van der Waals surface area contributed by atoms with Crippen LogP contribution >= 0.6 is 0 Å². The van der Waals surface area contributed by atoms with Gasteiger partial charge in [0.25, 0.3) is 0 Å². The zero-order valence-electron chi connectivity index (χ0n) is 8.64. The van der Waals surface area contributed by atoms with Gasteiger partial charge in [0.2, 0.25) is 0 Å². The van der Waals surface area contributed by atoms with E-state index in [1.807, 2.05) is 13.1 Å². The minimum atomic E-state index is 0.546. The average Bonchev–Trinajstić information content (AvgIpc) is 2.18. The lowest BCUT2D eigenvalue weighted by Crippen LogP contribution is -2.30. The molecule has 1 saturated carbocycles. The van der Waals surface area contributed by atoms with Crippen molar-refractivity contribution in [2.75, 3.05) is 7.05 Å². The molecule has 0 bridgehead atoms. The largest absolute Gasteiger partial charge is 0.313 e. The van der Waals surface area contributed by atoms with Gasteiger partial charge in [0, 0.05) is 6.04 Å². The topological polar surface area (TPSA) is 12.0 Å². The zero-order valence-corrected chi connectivity index (χ0v) is 8.64. The maximum atomic E-state index is 3.75. The van der Waals surface area contributed by atoms with Gasteiger partial charge in [-0.15, -0.1) is 0 Å². The van der Waals surface area contributed by atoms with Gasteiger partial charge >= 0.3 is 0 Å². The first-order chi connectivity index (χ1) is 6.33. The molecule has 1 atom stereocenters. The van der Waals surface area contributed by atoms with Crippen LogP contribution in [0.1, 0.15) is 26.2 Å². The summed E-state index contributed by atoms with van der Waals surface area (Å²) in [7, 11) is 2.03. The Morgan fingerprint density at radius 2 is 2.31 bits per heavy atom. The van der Waals surface area contributed by atoms with Gasteiger partial charge in [-0.05, 0) is 44.4 Å². The van der Waals surface area contributed by atoms with E-state index in [0.717, 1.165) is 0 Å². The van der Waals surface area contributed by atoms with Gasteiger partial charge in [0.1, 0.15) is 0 Å². The summed E-state index contributed by atoms with van der Waals surface area (Å²) in [6.45, 7) is 5.86. The third kappa shape index (κ3) is 2.31. The van der Waals surface area contributed by atoms with Crippen LogP contribution in [0.2, 0.25) is 0 Å². The summed E-state index contributed by atoms with van der Waals surface area (Å²) in [6, 6.07) is 0.546. The summed E-state index contributed by atoms with van der Waals surface area (Å²) in [5.74, 6) is 0. The van der Waals surface area contributed by atoms with Crippen LogP contribution in [-0.4, -0.2) is 13.1 Å². The molecule has 0 aromatic heterocycles. The third-order valence-electron chi connectivity index (χ3n) is 2.66. The van der Waals surface area contributed by atoms with Gasteiger partial charge in [0.15, 0.2) is 0 Å². The van der Waals surface area contributed by atoms with Gasteiger partial charge in [0.05, 0.1) is 0 Å². The van der Waals surface area contributed by atoms with Crippen molar-refractivity contribution in [1.29, 1.82) is 0 Å². The first-order valence-corrected chi connectivity index (χ1v) is 4.99. The Bertz CT molecular complexity index is 236. The lowest BCUT2D eigenvalue weighted by atomic mass is 9.85. The molecule has 1 rings (SSSR count). The number of rotatable bonds is 2. The van der Waals surface area contributed by atoms with Crippen LogP contribution < -0.4 is 5.32 Å². The first-order valence-electron chi connectivity index (χ1n) is 4.99. The van der Waals surface area contributed by atoms with Crippen molar-refractivity contribution in [1.82, 2.24) is 5.32 Å². The fourth-order valence-corrected chi connectivity index (χ4v) is 2.03. The smallest absolute Gasteiger partial charge is 0.0317 e. The Labute approximate surface area is 81.2 Å². The lowest BCUT2D eigenvalue weighted by molar-refractivity contribution is 0.529. The van der Waals surface area contributed by atoms with E-state index in [9.17, 15) is 0 Å². The molecule has 1 aliphatic rings. The fourth-order valence-electron chi connectivity index (χ4n) is 2.03.